The van der Waals surface area contributed by atoms with Gasteiger partial charge in [0, 0.05) is 8.95 Å². The smallest absolute Gasteiger partial charge is 0.349 e. The molecular formula is C18H12Br2O8. The summed E-state index contributed by atoms with van der Waals surface area (Å²) in [4.78, 5) is 47.3. The van der Waals surface area contributed by atoms with Crippen molar-refractivity contribution in [3.8, 4) is 0 Å². The third kappa shape index (κ3) is 5.64. The topological polar surface area (TPSA) is 127 Å². The monoisotopic (exact) mass is 514 g/mol. The average molecular weight is 516 g/mol. The van der Waals surface area contributed by atoms with Crippen LogP contribution in [-0.2, 0) is 19.1 Å². The molecule has 0 aromatic heterocycles. The Morgan fingerprint density at radius 2 is 0.929 bits per heavy atom. The zero-order valence-corrected chi connectivity index (χ0v) is 17.0. The van der Waals surface area contributed by atoms with E-state index in [1.54, 1.807) is 0 Å². The summed E-state index contributed by atoms with van der Waals surface area (Å²) in [6.07, 6.45) is -4.49. The van der Waals surface area contributed by atoms with Crippen LogP contribution >= 0.6 is 31.9 Å². The van der Waals surface area contributed by atoms with E-state index in [0.29, 0.717) is 8.95 Å². The molecule has 0 bridgehead atoms. The summed E-state index contributed by atoms with van der Waals surface area (Å²) in [7, 11) is 0. The second-order valence-corrected chi connectivity index (χ2v) is 7.17. The van der Waals surface area contributed by atoms with Crippen LogP contribution < -0.4 is 0 Å². The SMILES string of the molecule is O=C(O[C@@H](C(=O)O)[C@@H](OC(=O)c1ccc(Br)cc1)C(=O)O)c1ccc(Br)cc1. The van der Waals surface area contributed by atoms with Gasteiger partial charge in [0.05, 0.1) is 11.1 Å². The van der Waals surface area contributed by atoms with E-state index in [-0.39, 0.29) is 11.1 Å². The third-order valence-electron chi connectivity index (χ3n) is 3.39. The first-order chi connectivity index (χ1) is 13.2. The summed E-state index contributed by atoms with van der Waals surface area (Å²) < 4.78 is 10.9. The number of carbonyl (C=O) groups excluding carboxylic acids is 2. The predicted octanol–water partition coefficient (Wildman–Crippen LogP) is 3.13. The van der Waals surface area contributed by atoms with Gasteiger partial charge in [-0.2, -0.15) is 0 Å². The number of halogens is 2. The highest BCUT2D eigenvalue weighted by molar-refractivity contribution is 9.10. The first-order valence-corrected chi connectivity index (χ1v) is 9.16. The zero-order valence-electron chi connectivity index (χ0n) is 13.9. The molecule has 2 aromatic carbocycles. The number of esters is 2. The van der Waals surface area contributed by atoms with Crippen molar-refractivity contribution in [2.75, 3.05) is 0 Å². The minimum atomic E-state index is -2.24. The number of ether oxygens (including phenoxy) is 2. The van der Waals surface area contributed by atoms with Gasteiger partial charge < -0.3 is 19.7 Å². The van der Waals surface area contributed by atoms with Gasteiger partial charge in [0.25, 0.3) is 0 Å². The zero-order chi connectivity index (χ0) is 20.8. The van der Waals surface area contributed by atoms with Gasteiger partial charge in [0.15, 0.2) is 0 Å². The lowest BCUT2D eigenvalue weighted by atomic mass is 10.1. The van der Waals surface area contributed by atoms with E-state index in [2.05, 4.69) is 31.9 Å². The molecular weight excluding hydrogens is 504 g/mol. The second kappa shape index (κ2) is 9.47. The molecule has 0 saturated carbocycles. The van der Waals surface area contributed by atoms with Crippen LogP contribution in [0, 0.1) is 0 Å². The van der Waals surface area contributed by atoms with E-state index in [1.807, 2.05) is 0 Å². The van der Waals surface area contributed by atoms with Gasteiger partial charge >= 0.3 is 23.9 Å². The van der Waals surface area contributed by atoms with Crippen molar-refractivity contribution in [1.82, 2.24) is 0 Å². The molecule has 8 nitrogen and oxygen atoms in total. The van der Waals surface area contributed by atoms with Crippen molar-refractivity contribution in [3.05, 3.63) is 68.6 Å². The fraction of sp³-hybridized carbons (Fsp3) is 0.111. The van der Waals surface area contributed by atoms with Gasteiger partial charge in [0.2, 0.25) is 12.2 Å². The molecule has 0 amide bonds. The molecule has 10 heteroatoms. The summed E-state index contributed by atoms with van der Waals surface area (Å²) >= 11 is 6.36. The normalized spacial score (nSPS) is 12.5. The number of carboxylic acid groups (broad SMARTS) is 2. The van der Waals surface area contributed by atoms with E-state index in [1.165, 1.54) is 48.5 Å². The molecule has 0 aliphatic heterocycles. The van der Waals surface area contributed by atoms with E-state index < -0.39 is 36.1 Å². The minimum Gasteiger partial charge on any atom is -0.478 e. The molecule has 0 aliphatic rings. The molecule has 28 heavy (non-hydrogen) atoms. The fourth-order valence-electron chi connectivity index (χ4n) is 2.02. The van der Waals surface area contributed by atoms with Gasteiger partial charge in [0.1, 0.15) is 0 Å². The number of hydrogen-bond acceptors (Lipinski definition) is 6. The highest BCUT2D eigenvalue weighted by Gasteiger charge is 2.41. The Kier molecular flexibility index (Phi) is 7.30. The van der Waals surface area contributed by atoms with Crippen LogP contribution in [0.25, 0.3) is 0 Å². The molecule has 0 radical (unpaired) electrons. The molecule has 2 N–H and O–H groups in total. The molecule has 2 aromatic rings. The standard InChI is InChI=1S/C18H12Br2O8/c19-11-5-1-9(2-6-11)17(25)27-13(15(21)22)14(16(23)24)28-18(26)10-3-7-12(20)8-4-10/h1-8,13-14H,(H,21,22)(H,23,24)/t13-,14-/m1/s1. The predicted molar refractivity (Wildman–Crippen MR) is 102 cm³/mol. The summed E-state index contributed by atoms with van der Waals surface area (Å²) in [6.45, 7) is 0. The van der Waals surface area contributed by atoms with Crippen LogP contribution in [-0.4, -0.2) is 46.3 Å². The Labute approximate surface area is 175 Å². The molecule has 0 heterocycles. The van der Waals surface area contributed by atoms with Crippen LogP contribution in [0.5, 0.6) is 0 Å². The van der Waals surface area contributed by atoms with Crippen molar-refractivity contribution < 1.29 is 38.9 Å². The van der Waals surface area contributed by atoms with Crippen molar-refractivity contribution >= 4 is 55.7 Å². The number of carboxylic acids is 2. The van der Waals surface area contributed by atoms with Crippen molar-refractivity contribution in [2.45, 2.75) is 12.2 Å². The van der Waals surface area contributed by atoms with E-state index in [0.717, 1.165) is 0 Å². The molecule has 0 unspecified atom stereocenters. The Bertz CT molecular complexity index is 817. The van der Waals surface area contributed by atoms with Gasteiger partial charge in [-0.3, -0.25) is 0 Å². The molecule has 0 spiro atoms. The molecule has 0 fully saturated rings. The summed E-state index contributed by atoms with van der Waals surface area (Å²) in [6, 6.07) is 11.5. The van der Waals surface area contributed by atoms with Crippen molar-refractivity contribution in [3.63, 3.8) is 0 Å². The van der Waals surface area contributed by atoms with Crippen LogP contribution in [0.2, 0.25) is 0 Å². The maximum Gasteiger partial charge on any atom is 0.349 e. The van der Waals surface area contributed by atoms with E-state index in [4.69, 9.17) is 9.47 Å². The maximum atomic E-state index is 12.2. The number of aliphatic carboxylic acids is 2. The number of rotatable bonds is 7. The lowest BCUT2D eigenvalue weighted by molar-refractivity contribution is -0.166. The van der Waals surface area contributed by atoms with Crippen molar-refractivity contribution in [2.24, 2.45) is 0 Å². The first-order valence-electron chi connectivity index (χ1n) is 7.57. The van der Waals surface area contributed by atoms with Gasteiger partial charge in [-0.15, -0.1) is 0 Å². The Balaban J connectivity index is 2.21. The number of benzene rings is 2. The average Bonchev–Trinajstić information content (AvgIpc) is 2.64. The highest BCUT2D eigenvalue weighted by Crippen LogP contribution is 2.16. The summed E-state index contributed by atoms with van der Waals surface area (Å²) in [5.74, 6) is -5.71. The van der Waals surface area contributed by atoms with E-state index >= 15 is 0 Å². The van der Waals surface area contributed by atoms with Crippen molar-refractivity contribution in [1.29, 1.82) is 0 Å². The number of hydrogen-bond donors (Lipinski definition) is 2. The second-order valence-electron chi connectivity index (χ2n) is 5.34. The minimum absolute atomic E-state index is 0.00201. The fourth-order valence-corrected chi connectivity index (χ4v) is 2.55. The summed E-state index contributed by atoms with van der Waals surface area (Å²) in [5.41, 5.74) is -0.00403. The van der Waals surface area contributed by atoms with Crippen LogP contribution in [0.15, 0.2) is 57.5 Å². The molecule has 0 saturated heterocycles. The quantitative estimate of drug-likeness (QED) is 0.538. The van der Waals surface area contributed by atoms with Crippen LogP contribution in [0.1, 0.15) is 20.7 Å². The van der Waals surface area contributed by atoms with Gasteiger partial charge in [-0.1, -0.05) is 31.9 Å². The molecule has 2 rings (SSSR count). The lowest BCUT2D eigenvalue weighted by Crippen LogP contribution is -2.45. The molecule has 146 valence electrons. The third-order valence-corrected chi connectivity index (χ3v) is 4.45. The maximum absolute atomic E-state index is 12.2. The van der Waals surface area contributed by atoms with Gasteiger partial charge in [-0.05, 0) is 48.5 Å². The van der Waals surface area contributed by atoms with E-state index in [9.17, 15) is 29.4 Å². The number of carbonyl (C=O) groups is 4. The van der Waals surface area contributed by atoms with Crippen LogP contribution in [0.4, 0.5) is 0 Å². The summed E-state index contributed by atoms with van der Waals surface area (Å²) in [5, 5.41) is 18.6. The largest absolute Gasteiger partial charge is 0.478 e. The Hall–Kier alpha value is -2.72. The van der Waals surface area contributed by atoms with Gasteiger partial charge in [-0.25, -0.2) is 19.2 Å². The molecule has 0 aliphatic carbocycles. The lowest BCUT2D eigenvalue weighted by Gasteiger charge is -2.21. The first kappa shape index (κ1) is 21.6. The Morgan fingerprint density at radius 3 is 1.18 bits per heavy atom. The Morgan fingerprint density at radius 1 is 0.643 bits per heavy atom. The molecule has 2 atom stereocenters. The highest BCUT2D eigenvalue weighted by atomic mass is 79.9. The van der Waals surface area contributed by atoms with Crippen LogP contribution in [0.3, 0.4) is 0 Å².